The Morgan fingerprint density at radius 2 is 1.22 bits per heavy atom. The van der Waals surface area contributed by atoms with Gasteiger partial charge in [0.15, 0.2) is 5.69 Å². The molecule has 3 aliphatic rings. The zero-order chi connectivity index (χ0) is 24.9. The van der Waals surface area contributed by atoms with Gasteiger partial charge in [0.25, 0.3) is 0 Å². The number of carbonyl (C=O) groups excluding carboxylic acids is 2. The Labute approximate surface area is 209 Å². The van der Waals surface area contributed by atoms with E-state index in [4.69, 9.17) is 0 Å². The summed E-state index contributed by atoms with van der Waals surface area (Å²) in [5.41, 5.74) is 3.27. The molecule has 36 heavy (non-hydrogen) atoms. The summed E-state index contributed by atoms with van der Waals surface area (Å²) in [6.45, 7) is 0. The number of nitrogens with one attached hydrogen (secondary N) is 1. The maximum Gasteiger partial charge on any atom is 0.241 e. The normalized spacial score (nSPS) is 25.6. The van der Waals surface area contributed by atoms with Crippen LogP contribution in [0.3, 0.4) is 0 Å². The molecule has 2 N–H and O–H groups in total. The summed E-state index contributed by atoms with van der Waals surface area (Å²) in [5, 5.41) is 19.5. The van der Waals surface area contributed by atoms with Crippen molar-refractivity contribution in [3.05, 3.63) is 119 Å². The van der Waals surface area contributed by atoms with Crippen LogP contribution in [0.5, 0.6) is 0 Å². The van der Waals surface area contributed by atoms with E-state index in [0.717, 1.165) is 22.3 Å². The first-order valence-electron chi connectivity index (χ1n) is 12.2. The summed E-state index contributed by atoms with van der Waals surface area (Å²) < 4.78 is 0. The number of benzene rings is 3. The largest absolute Gasteiger partial charge is 0.595 e. The predicted octanol–water partition coefficient (Wildman–Crippen LogP) is 4.58. The zero-order valence-corrected chi connectivity index (χ0v) is 19.7. The summed E-state index contributed by atoms with van der Waals surface area (Å²) >= 11 is 0. The van der Waals surface area contributed by atoms with Gasteiger partial charge < -0.3 is 5.21 Å². The summed E-state index contributed by atoms with van der Waals surface area (Å²) in [5.74, 6) is -0.370. The van der Waals surface area contributed by atoms with E-state index in [9.17, 15) is 20.0 Å². The number of allylic oxidation sites excluding steroid dienone is 3. The lowest BCUT2D eigenvalue weighted by molar-refractivity contribution is -0.991. The Hall–Kier alpha value is -3.84. The second kappa shape index (κ2) is 8.38. The lowest BCUT2D eigenvalue weighted by Gasteiger charge is -2.36. The van der Waals surface area contributed by atoms with Crippen molar-refractivity contribution in [2.24, 2.45) is 10.8 Å². The molecule has 3 unspecified atom stereocenters. The summed E-state index contributed by atoms with van der Waals surface area (Å²) in [7, 11) is 0. The molecule has 1 saturated carbocycles. The molecule has 1 heterocycles. The number of anilines is 1. The van der Waals surface area contributed by atoms with E-state index in [0.29, 0.717) is 31.4 Å². The number of rotatable bonds is 4. The average molecular weight is 479 g/mol. The molecular formula is C30H26N2O4. The van der Waals surface area contributed by atoms with Crippen molar-refractivity contribution in [3.63, 3.8) is 0 Å². The Bertz CT molecular complexity index is 1320. The van der Waals surface area contributed by atoms with Crippen molar-refractivity contribution in [3.8, 4) is 0 Å². The quantitative estimate of drug-likeness (QED) is 0.327. The molecule has 180 valence electrons. The van der Waals surface area contributed by atoms with Gasteiger partial charge in [-0.2, -0.15) is 5.23 Å². The molecule has 2 amide bonds. The molecule has 6 heteroatoms. The van der Waals surface area contributed by atoms with Crippen molar-refractivity contribution in [2.75, 3.05) is 4.90 Å². The van der Waals surface area contributed by atoms with Gasteiger partial charge in [0.05, 0.1) is 16.5 Å². The molecule has 1 aliphatic heterocycles. The van der Waals surface area contributed by atoms with E-state index < -0.39 is 16.1 Å². The summed E-state index contributed by atoms with van der Waals surface area (Å²) in [4.78, 5) is 29.6. The van der Waals surface area contributed by atoms with Crippen molar-refractivity contribution in [1.82, 2.24) is 0 Å². The molecule has 2 fully saturated rings. The van der Waals surface area contributed by atoms with Crippen LogP contribution in [0.1, 0.15) is 36.8 Å². The van der Waals surface area contributed by atoms with Crippen LogP contribution >= 0.6 is 0 Å². The number of imide groups is 1. The maximum atomic E-state index is 14.1. The smallest absolute Gasteiger partial charge is 0.241 e. The van der Waals surface area contributed by atoms with Crippen LogP contribution < -0.4 is 10.1 Å². The number of nitrogens with zero attached hydrogens (tertiary/aromatic N) is 1. The van der Waals surface area contributed by atoms with Crippen LogP contribution in [-0.4, -0.2) is 17.0 Å². The number of hydrogen-bond acceptors (Lipinski definition) is 4. The molecule has 6 rings (SSSR count). The molecule has 2 aliphatic carbocycles. The molecule has 3 aromatic rings. The van der Waals surface area contributed by atoms with Crippen molar-refractivity contribution >= 4 is 28.8 Å². The number of carbonyl (C=O) groups is 2. The highest BCUT2D eigenvalue weighted by Crippen LogP contribution is 2.67. The fourth-order valence-corrected chi connectivity index (χ4v) is 6.44. The Balaban J connectivity index is 1.49. The van der Waals surface area contributed by atoms with Crippen molar-refractivity contribution in [2.45, 2.75) is 25.7 Å². The van der Waals surface area contributed by atoms with Crippen LogP contribution in [0.2, 0.25) is 0 Å². The van der Waals surface area contributed by atoms with Gasteiger partial charge in [-0.05, 0) is 54.5 Å². The van der Waals surface area contributed by atoms with E-state index in [1.807, 2.05) is 48.6 Å². The first kappa shape index (κ1) is 22.6. The van der Waals surface area contributed by atoms with E-state index in [-0.39, 0.29) is 17.5 Å². The minimum absolute atomic E-state index is 0.119. The highest BCUT2D eigenvalue weighted by molar-refractivity contribution is 6.26. The third kappa shape index (κ3) is 3.15. The maximum absolute atomic E-state index is 14.1. The van der Waals surface area contributed by atoms with Gasteiger partial charge in [0.2, 0.25) is 11.8 Å². The molecule has 0 radical (unpaired) electrons. The van der Waals surface area contributed by atoms with Gasteiger partial charge in [0, 0.05) is 12.1 Å². The lowest BCUT2D eigenvalue weighted by Crippen LogP contribution is -2.99. The minimum atomic E-state index is -1.04. The first-order chi connectivity index (χ1) is 17.5. The molecule has 1 saturated heterocycles. The fraction of sp³-hybridized carbons (Fsp3) is 0.200. The van der Waals surface area contributed by atoms with E-state index in [1.54, 1.807) is 12.1 Å². The summed E-state index contributed by atoms with van der Waals surface area (Å²) in [6, 6.07) is 26.4. The SMILES string of the molecule is O=C1N(c2ccc([NH+]([O-])O)cc2)C(=O)C23CC=CCC12CC(=C(c1ccccc1)c1ccccc1)C3. The zero-order valence-electron chi connectivity index (χ0n) is 19.7. The Kier molecular flexibility index (Phi) is 5.26. The molecule has 0 bridgehead atoms. The van der Waals surface area contributed by atoms with Crippen LogP contribution in [0.25, 0.3) is 5.57 Å². The van der Waals surface area contributed by atoms with Gasteiger partial charge in [-0.3, -0.25) is 9.59 Å². The third-order valence-electron chi connectivity index (χ3n) is 8.12. The van der Waals surface area contributed by atoms with Gasteiger partial charge >= 0.3 is 0 Å². The molecule has 3 aromatic carbocycles. The standard InChI is InChI=1S/C30H26N2O4/c33-27-29-17-7-8-18-30(29,28(34)31(27)24-13-15-25(16-14-24)32(35)36)20-23(19-29)26(21-9-3-1-4-10-21)22-11-5-2-6-12-22/h1-16,32,35H,17-20H2. The number of hydrogen-bond donors (Lipinski definition) is 2. The van der Waals surface area contributed by atoms with Gasteiger partial charge in [0.1, 0.15) is 0 Å². The molecule has 3 atom stereocenters. The molecular weight excluding hydrogens is 452 g/mol. The minimum Gasteiger partial charge on any atom is -0.595 e. The monoisotopic (exact) mass is 478 g/mol. The number of amides is 2. The van der Waals surface area contributed by atoms with E-state index in [2.05, 4.69) is 24.3 Å². The van der Waals surface area contributed by atoms with Gasteiger partial charge in [-0.25, -0.2) is 10.1 Å². The topological polar surface area (TPSA) is 85.1 Å². The van der Waals surface area contributed by atoms with Crippen molar-refractivity contribution in [1.29, 1.82) is 0 Å². The highest BCUT2D eigenvalue weighted by atomic mass is 16.8. The van der Waals surface area contributed by atoms with E-state index in [1.165, 1.54) is 17.0 Å². The van der Waals surface area contributed by atoms with E-state index >= 15 is 0 Å². The average Bonchev–Trinajstić information content (AvgIpc) is 3.35. The molecule has 0 aromatic heterocycles. The molecule has 0 spiro atoms. The number of quaternary nitrogens is 1. The second-order valence-electron chi connectivity index (χ2n) is 9.91. The second-order valence-corrected chi connectivity index (χ2v) is 9.91. The van der Waals surface area contributed by atoms with Gasteiger partial charge in [-0.1, -0.05) is 78.4 Å². The van der Waals surface area contributed by atoms with Crippen LogP contribution in [0.4, 0.5) is 11.4 Å². The predicted molar refractivity (Wildman–Crippen MR) is 136 cm³/mol. The summed E-state index contributed by atoms with van der Waals surface area (Å²) in [6.07, 6.45) is 6.14. The highest BCUT2D eigenvalue weighted by Gasteiger charge is 2.72. The lowest BCUT2D eigenvalue weighted by atomic mass is 9.61. The van der Waals surface area contributed by atoms with Crippen LogP contribution in [0.15, 0.2) is 103 Å². The van der Waals surface area contributed by atoms with Crippen LogP contribution in [0, 0.1) is 16.0 Å². The van der Waals surface area contributed by atoms with Crippen LogP contribution in [-0.2, 0) is 9.59 Å². The molecule has 6 nitrogen and oxygen atoms in total. The fourth-order valence-electron chi connectivity index (χ4n) is 6.44. The Morgan fingerprint density at radius 1 is 0.750 bits per heavy atom. The Morgan fingerprint density at radius 3 is 1.67 bits per heavy atom. The third-order valence-corrected chi connectivity index (χ3v) is 8.12. The first-order valence-corrected chi connectivity index (χ1v) is 12.2. The van der Waals surface area contributed by atoms with Crippen molar-refractivity contribution < 1.29 is 20.0 Å². The van der Waals surface area contributed by atoms with Gasteiger partial charge in [-0.15, -0.1) is 0 Å².